The fourth-order valence-corrected chi connectivity index (χ4v) is 25.7. The van der Waals surface area contributed by atoms with Crippen LogP contribution < -0.4 is 0 Å². The Labute approximate surface area is 822 Å². The first kappa shape index (κ1) is 98.1. The number of hydrogen-bond donors (Lipinski definition) is 0. The van der Waals surface area contributed by atoms with E-state index in [-0.39, 0.29) is 27.1 Å². The summed E-state index contributed by atoms with van der Waals surface area (Å²) in [5.74, 6) is 1.67. The molecule has 0 saturated heterocycles. The predicted molar refractivity (Wildman–Crippen MR) is 588 cm³/mol. The largest absolute Gasteiger partial charge is 0.0654 e. The minimum absolute atomic E-state index is 0.0809. The van der Waals surface area contributed by atoms with Crippen LogP contribution >= 0.6 is 0 Å². The SMILES string of the molecule is CCCCCc1cccc2c1Cc1cccc(CCCCC)c1C2.CCc1ccc2c(c1)C(C)(C)c1cccc(CC)c1-2.CCc1cccc2c1Cc1cccc(CC)c1C2.Cc1ccc2c(c1)C(C)(C)c1c(C)cccc1-2.Cc1ccc2c(c1)C(C)(C)c1cc(C3CC[C@@H](C)C3)ccc1-2.Cc1cccc2c1C(C)(C)c1cccc(C)c1C2(C)C.Cc1cccc2c1Cc1cccc(C)c1C2. The summed E-state index contributed by atoms with van der Waals surface area (Å²) in [6.45, 7) is 55.1. The smallest absolute Gasteiger partial charge is 0.0161 e. The molecule has 0 radical (unpaired) electrons. The molecule has 0 N–H and O–H groups in total. The lowest BCUT2D eigenvalue weighted by atomic mass is 9.58. The Morgan fingerprint density at radius 2 is 0.603 bits per heavy atom. The van der Waals surface area contributed by atoms with Crippen LogP contribution in [-0.2, 0) is 104 Å². The van der Waals surface area contributed by atoms with Gasteiger partial charge in [0, 0.05) is 27.1 Å². The summed E-state index contributed by atoms with van der Waals surface area (Å²) in [6, 6.07) is 96.1. The molecule has 136 heavy (non-hydrogen) atoms. The Balaban J connectivity index is 0.000000115. The molecule has 8 aliphatic rings. The molecular weight excluding hydrogens is 1630 g/mol. The summed E-state index contributed by atoms with van der Waals surface area (Å²) < 4.78 is 0. The van der Waals surface area contributed by atoms with Crippen LogP contribution in [0.15, 0.2) is 255 Å². The molecule has 0 bridgehead atoms. The van der Waals surface area contributed by atoms with E-state index >= 15 is 0 Å². The molecule has 14 aromatic carbocycles. The first-order valence-electron chi connectivity index (χ1n) is 52.7. The van der Waals surface area contributed by atoms with Crippen molar-refractivity contribution in [3.05, 3.63) is 455 Å². The highest BCUT2D eigenvalue weighted by Crippen LogP contribution is 2.56. The third-order valence-corrected chi connectivity index (χ3v) is 33.4. The van der Waals surface area contributed by atoms with Crippen molar-refractivity contribution in [2.45, 2.75) is 334 Å². The van der Waals surface area contributed by atoms with Crippen LogP contribution in [0.2, 0.25) is 0 Å². The predicted octanol–water partition coefficient (Wildman–Crippen LogP) is 36.0. The van der Waals surface area contributed by atoms with Crippen molar-refractivity contribution in [2.24, 2.45) is 5.92 Å². The van der Waals surface area contributed by atoms with Crippen LogP contribution in [-0.4, -0.2) is 0 Å². The quantitative estimate of drug-likeness (QED) is 0.101. The molecule has 0 aliphatic heterocycles. The highest BCUT2D eigenvalue weighted by Gasteiger charge is 2.44. The lowest BCUT2D eigenvalue weighted by molar-refractivity contribution is 0.515. The van der Waals surface area contributed by atoms with Crippen LogP contribution in [0, 0.1) is 54.4 Å². The lowest BCUT2D eigenvalue weighted by Crippen LogP contribution is -2.37. The van der Waals surface area contributed by atoms with Gasteiger partial charge in [-0.15, -0.1) is 0 Å². The molecule has 0 spiro atoms. The maximum atomic E-state index is 2.52. The van der Waals surface area contributed by atoms with Crippen molar-refractivity contribution in [1.29, 1.82) is 0 Å². The lowest BCUT2D eigenvalue weighted by Gasteiger charge is -2.45. The van der Waals surface area contributed by atoms with Gasteiger partial charge >= 0.3 is 0 Å². The van der Waals surface area contributed by atoms with E-state index in [0.29, 0.717) is 0 Å². The number of aryl methyl sites for hydroxylation is 13. The summed E-state index contributed by atoms with van der Waals surface area (Å²) in [5.41, 5.74) is 63.6. The number of unbranched alkanes of at least 4 members (excludes halogenated alkanes) is 4. The third kappa shape index (κ3) is 19.3. The third-order valence-electron chi connectivity index (χ3n) is 33.4. The zero-order valence-corrected chi connectivity index (χ0v) is 87.8. The molecule has 0 aromatic heterocycles. The molecule has 22 rings (SSSR count). The van der Waals surface area contributed by atoms with Crippen molar-refractivity contribution in [3.63, 3.8) is 0 Å². The van der Waals surface area contributed by atoms with Crippen molar-refractivity contribution < 1.29 is 0 Å². The van der Waals surface area contributed by atoms with E-state index < -0.39 is 0 Å². The molecule has 0 heterocycles. The Morgan fingerprint density at radius 1 is 0.257 bits per heavy atom. The molecule has 0 nitrogen and oxygen atoms in total. The zero-order chi connectivity index (χ0) is 96.5. The van der Waals surface area contributed by atoms with E-state index in [1.165, 1.54) is 232 Å². The maximum Gasteiger partial charge on any atom is 0.0161 e. The molecule has 1 unspecified atom stereocenters. The van der Waals surface area contributed by atoms with Gasteiger partial charge < -0.3 is 0 Å². The summed E-state index contributed by atoms with van der Waals surface area (Å²) >= 11 is 0. The fraction of sp³-hybridized carbons (Fsp3) is 0.382. The summed E-state index contributed by atoms with van der Waals surface area (Å²) in [5, 5.41) is 0. The molecule has 1 fully saturated rings. The first-order chi connectivity index (χ1) is 65.3. The average molecular weight is 1790 g/mol. The highest BCUT2D eigenvalue weighted by molar-refractivity contribution is 5.85. The van der Waals surface area contributed by atoms with Crippen LogP contribution in [0.25, 0.3) is 33.4 Å². The molecule has 702 valence electrons. The Kier molecular flexibility index (Phi) is 29.6. The van der Waals surface area contributed by atoms with Crippen LogP contribution in [0.5, 0.6) is 0 Å². The van der Waals surface area contributed by atoms with E-state index in [4.69, 9.17) is 0 Å². The van der Waals surface area contributed by atoms with E-state index in [1.807, 2.05) is 0 Å². The van der Waals surface area contributed by atoms with E-state index in [0.717, 1.165) is 76.0 Å². The van der Waals surface area contributed by atoms with Crippen molar-refractivity contribution in [3.8, 4) is 33.4 Å². The highest BCUT2D eigenvalue weighted by atomic mass is 14.5. The van der Waals surface area contributed by atoms with E-state index in [9.17, 15) is 0 Å². The number of fused-ring (bicyclic) bond motifs is 17. The minimum atomic E-state index is 0.0809. The second kappa shape index (κ2) is 41.0. The van der Waals surface area contributed by atoms with Gasteiger partial charge in [0.1, 0.15) is 0 Å². The molecule has 8 aliphatic carbocycles. The normalized spacial score (nSPS) is 16.3. The summed E-state index contributed by atoms with van der Waals surface area (Å²) in [4.78, 5) is 0. The van der Waals surface area contributed by atoms with Gasteiger partial charge in [0.2, 0.25) is 0 Å². The van der Waals surface area contributed by atoms with Gasteiger partial charge in [-0.25, -0.2) is 0 Å². The molecule has 0 heteroatoms. The van der Waals surface area contributed by atoms with E-state index in [1.54, 1.807) is 72.3 Å². The van der Waals surface area contributed by atoms with Gasteiger partial charge in [-0.1, -0.05) is 416 Å². The summed E-state index contributed by atoms with van der Waals surface area (Å²) in [6.07, 6.45) is 25.9. The second-order valence-electron chi connectivity index (χ2n) is 44.4. The van der Waals surface area contributed by atoms with Crippen molar-refractivity contribution >= 4 is 0 Å². The zero-order valence-electron chi connectivity index (χ0n) is 87.8. The van der Waals surface area contributed by atoms with Crippen LogP contribution in [0.4, 0.5) is 0 Å². The number of hydrogen-bond acceptors (Lipinski definition) is 0. The van der Waals surface area contributed by atoms with Gasteiger partial charge in [-0.3, -0.25) is 0 Å². The topological polar surface area (TPSA) is 0 Å². The Morgan fingerprint density at radius 3 is 1.06 bits per heavy atom. The summed E-state index contributed by atoms with van der Waals surface area (Å²) in [7, 11) is 0. The van der Waals surface area contributed by atoms with Gasteiger partial charge in [-0.05, 0) is 386 Å². The monoisotopic (exact) mass is 1790 g/mol. The molecular formula is C136H158. The molecule has 2 atom stereocenters. The fourth-order valence-electron chi connectivity index (χ4n) is 25.7. The Bertz CT molecular complexity index is 6490. The van der Waals surface area contributed by atoms with Crippen molar-refractivity contribution in [1.82, 2.24) is 0 Å². The van der Waals surface area contributed by atoms with Crippen LogP contribution in [0.3, 0.4) is 0 Å². The standard InChI is InChI=1S/C24H32.C22H26.C20H24.C19H22.C18H20.C17H18.C16H16/c1-3-5-7-11-19-13-9-15-21-18-24-20(12-8-6-4-2)14-10-16-22(24)17-23(19)21;1-14-5-7-16(11-14)17-8-10-19-18-9-6-15(2)12-20(18)22(3,4)21(19)13-17;1-13-9-7-11-15-17(13)19(3,4)16-12-8-10-14(2)18(16)20(15,5)6;1-5-13-10-11-15-17(12-13)19(3,4)16-9-7-8-14(6-2)18(15)16;1-3-13-7-5-9-15-12-18-14(4-2)8-6-10-16(18)11-17(13)15;1-11-8-9-13-14-7-5-6-12(2)16(14)17(3,4)15(13)10-11;1-11-5-3-7-13-10-16-12(2)6-4-8-14(16)9-15(11)13/h9-10,13-16H,3-8,11-12,17-18H2,1-2H3;6,8-10,12-14,16H,5,7,11H2,1-4H3;7-12H,1-6H3;7-12H,5-6H2,1-4H3;5-10H,3-4,11-12H2,1-2H3;5-10H,1-4H3;3-8H,9-10H2,1-2H3/t;14-,16?;;;;;/m.1...../s1. The maximum absolute atomic E-state index is 2.52. The first-order valence-corrected chi connectivity index (χ1v) is 52.7. The molecule has 14 aromatic rings. The van der Waals surface area contributed by atoms with Crippen LogP contribution in [0.1, 0.15) is 382 Å². The van der Waals surface area contributed by atoms with Gasteiger partial charge in [0.05, 0.1) is 0 Å². The van der Waals surface area contributed by atoms with Gasteiger partial charge in [0.25, 0.3) is 0 Å². The van der Waals surface area contributed by atoms with E-state index in [2.05, 4.69) is 421 Å². The van der Waals surface area contributed by atoms with Crippen molar-refractivity contribution in [2.75, 3.05) is 0 Å². The number of rotatable bonds is 13. The average Bonchev–Trinajstić information content (AvgIpc) is 1.61. The van der Waals surface area contributed by atoms with Gasteiger partial charge in [-0.2, -0.15) is 0 Å². The second-order valence-corrected chi connectivity index (χ2v) is 44.4. The number of benzene rings is 14. The molecule has 0 amide bonds. The minimum Gasteiger partial charge on any atom is -0.0654 e. The Hall–Kier alpha value is -10.9. The van der Waals surface area contributed by atoms with Gasteiger partial charge in [0.15, 0.2) is 0 Å². The molecule has 1 saturated carbocycles.